The molecule has 0 saturated heterocycles. The SMILES string of the molecule is CC(=O)c1ccc(Sc2n[nH]c(=O)n2C)c(Br)c1. The fourth-order valence-electron chi connectivity index (χ4n) is 1.32. The number of rotatable bonds is 3. The van der Waals surface area contributed by atoms with Crippen LogP contribution in [0.2, 0.25) is 0 Å². The second-order valence-electron chi connectivity index (χ2n) is 3.67. The Bertz CT molecular complexity index is 663. The Morgan fingerprint density at radius 3 is 2.72 bits per heavy atom. The molecule has 5 nitrogen and oxygen atoms in total. The van der Waals surface area contributed by atoms with Crippen LogP contribution in [0.4, 0.5) is 0 Å². The zero-order valence-electron chi connectivity index (χ0n) is 9.73. The quantitative estimate of drug-likeness (QED) is 0.878. The first-order valence-electron chi connectivity index (χ1n) is 5.09. The Hall–Kier alpha value is -1.34. The van der Waals surface area contributed by atoms with Gasteiger partial charge in [-0.1, -0.05) is 6.07 Å². The summed E-state index contributed by atoms with van der Waals surface area (Å²) in [6.07, 6.45) is 0. The number of Topliss-reactive ketones (excluding diaryl/α,β-unsaturated/α-hetero) is 1. The number of hydrogen-bond acceptors (Lipinski definition) is 4. The van der Waals surface area contributed by atoms with Gasteiger partial charge in [-0.05, 0) is 46.7 Å². The van der Waals surface area contributed by atoms with E-state index in [-0.39, 0.29) is 11.5 Å². The van der Waals surface area contributed by atoms with Crippen molar-refractivity contribution in [3.05, 3.63) is 38.7 Å². The van der Waals surface area contributed by atoms with Gasteiger partial charge in [0, 0.05) is 22.0 Å². The molecule has 1 aromatic carbocycles. The van der Waals surface area contributed by atoms with E-state index < -0.39 is 0 Å². The summed E-state index contributed by atoms with van der Waals surface area (Å²) in [7, 11) is 1.64. The molecule has 0 atom stereocenters. The lowest BCUT2D eigenvalue weighted by atomic mass is 10.2. The number of halogens is 1. The van der Waals surface area contributed by atoms with Gasteiger partial charge in [0.2, 0.25) is 0 Å². The molecule has 2 aromatic rings. The summed E-state index contributed by atoms with van der Waals surface area (Å²) in [5.41, 5.74) is 0.385. The predicted molar refractivity (Wildman–Crippen MR) is 72.1 cm³/mol. The first-order valence-corrected chi connectivity index (χ1v) is 6.69. The minimum atomic E-state index is -0.256. The van der Waals surface area contributed by atoms with Crippen LogP contribution in [0.5, 0.6) is 0 Å². The van der Waals surface area contributed by atoms with Gasteiger partial charge in [0.15, 0.2) is 10.9 Å². The van der Waals surface area contributed by atoms with Crippen LogP contribution in [-0.2, 0) is 7.05 Å². The second kappa shape index (κ2) is 5.11. The lowest BCUT2D eigenvalue weighted by molar-refractivity contribution is 0.101. The molecule has 18 heavy (non-hydrogen) atoms. The maximum absolute atomic E-state index is 11.2. The van der Waals surface area contributed by atoms with Crippen molar-refractivity contribution in [1.82, 2.24) is 14.8 Å². The van der Waals surface area contributed by atoms with Crippen LogP contribution in [0, 0.1) is 0 Å². The number of aromatic amines is 1. The molecule has 1 heterocycles. The topological polar surface area (TPSA) is 67.8 Å². The fraction of sp³-hybridized carbons (Fsp3) is 0.182. The summed E-state index contributed by atoms with van der Waals surface area (Å²) in [6.45, 7) is 1.52. The summed E-state index contributed by atoms with van der Waals surface area (Å²) < 4.78 is 2.23. The van der Waals surface area contributed by atoms with Crippen LogP contribution in [0.1, 0.15) is 17.3 Å². The molecule has 0 spiro atoms. The van der Waals surface area contributed by atoms with Crippen molar-refractivity contribution >= 4 is 33.5 Å². The number of carbonyl (C=O) groups is 1. The van der Waals surface area contributed by atoms with Crippen molar-refractivity contribution < 1.29 is 4.79 Å². The average molecular weight is 328 g/mol. The van der Waals surface area contributed by atoms with Crippen molar-refractivity contribution in [2.45, 2.75) is 17.0 Å². The van der Waals surface area contributed by atoms with Gasteiger partial charge in [0.1, 0.15) is 0 Å². The molecule has 94 valence electrons. The highest BCUT2D eigenvalue weighted by atomic mass is 79.9. The molecule has 0 amide bonds. The Balaban J connectivity index is 2.33. The summed E-state index contributed by atoms with van der Waals surface area (Å²) >= 11 is 4.75. The van der Waals surface area contributed by atoms with Crippen molar-refractivity contribution in [1.29, 1.82) is 0 Å². The molecule has 0 unspecified atom stereocenters. The van der Waals surface area contributed by atoms with Gasteiger partial charge in [0.25, 0.3) is 0 Å². The smallest absolute Gasteiger partial charge is 0.295 e. The van der Waals surface area contributed by atoms with Crippen LogP contribution in [0.3, 0.4) is 0 Å². The van der Waals surface area contributed by atoms with Gasteiger partial charge >= 0.3 is 5.69 Å². The monoisotopic (exact) mass is 327 g/mol. The highest BCUT2D eigenvalue weighted by Crippen LogP contribution is 2.32. The van der Waals surface area contributed by atoms with E-state index in [1.165, 1.54) is 23.3 Å². The van der Waals surface area contributed by atoms with Crippen molar-refractivity contribution in [3.63, 3.8) is 0 Å². The first kappa shape index (κ1) is 13.1. The summed E-state index contributed by atoms with van der Waals surface area (Å²) in [6, 6.07) is 5.33. The molecule has 0 radical (unpaired) electrons. The minimum absolute atomic E-state index is 0.0134. The van der Waals surface area contributed by atoms with Gasteiger partial charge in [-0.15, -0.1) is 5.10 Å². The highest BCUT2D eigenvalue weighted by Gasteiger charge is 2.10. The molecule has 0 bridgehead atoms. The van der Waals surface area contributed by atoms with E-state index in [0.717, 1.165) is 9.37 Å². The van der Waals surface area contributed by atoms with Gasteiger partial charge in [-0.3, -0.25) is 9.36 Å². The number of carbonyl (C=O) groups excluding carboxylic acids is 1. The van der Waals surface area contributed by atoms with Gasteiger partial charge in [-0.2, -0.15) is 0 Å². The summed E-state index contributed by atoms with van der Waals surface area (Å²) in [5, 5.41) is 6.85. The third-order valence-electron chi connectivity index (χ3n) is 2.38. The zero-order chi connectivity index (χ0) is 13.3. The molecular formula is C11H10BrN3O2S. The molecule has 0 fully saturated rings. The molecule has 0 saturated carbocycles. The van der Waals surface area contributed by atoms with Crippen molar-refractivity contribution in [3.8, 4) is 0 Å². The highest BCUT2D eigenvalue weighted by molar-refractivity contribution is 9.10. The molecule has 7 heteroatoms. The lowest BCUT2D eigenvalue weighted by Gasteiger charge is -2.04. The van der Waals surface area contributed by atoms with Crippen molar-refractivity contribution in [2.75, 3.05) is 0 Å². The van der Waals surface area contributed by atoms with Gasteiger partial charge < -0.3 is 0 Å². The van der Waals surface area contributed by atoms with Gasteiger partial charge in [-0.25, -0.2) is 9.89 Å². The largest absolute Gasteiger partial charge is 0.343 e. The predicted octanol–water partition coefficient (Wildman–Crippen LogP) is 2.22. The van der Waals surface area contributed by atoms with E-state index >= 15 is 0 Å². The molecule has 0 aliphatic heterocycles. The number of benzene rings is 1. The molecule has 1 N–H and O–H groups in total. The third kappa shape index (κ3) is 2.56. The minimum Gasteiger partial charge on any atom is -0.295 e. The Morgan fingerprint density at radius 1 is 1.50 bits per heavy atom. The molecular weight excluding hydrogens is 318 g/mol. The van der Waals surface area contributed by atoms with E-state index in [1.807, 2.05) is 6.07 Å². The average Bonchev–Trinajstić information content (AvgIpc) is 2.63. The van der Waals surface area contributed by atoms with E-state index in [1.54, 1.807) is 19.2 Å². The van der Waals surface area contributed by atoms with E-state index in [9.17, 15) is 9.59 Å². The third-order valence-corrected chi connectivity index (χ3v) is 4.42. The normalized spacial score (nSPS) is 10.6. The van der Waals surface area contributed by atoms with Crippen LogP contribution >= 0.6 is 27.7 Å². The summed E-state index contributed by atoms with van der Waals surface area (Å²) in [4.78, 5) is 23.4. The number of aromatic nitrogens is 3. The lowest BCUT2D eigenvalue weighted by Crippen LogP contribution is -2.12. The molecule has 0 aliphatic carbocycles. The molecule has 2 rings (SSSR count). The number of H-pyrrole nitrogens is 1. The standard InChI is InChI=1S/C11H10BrN3O2S/c1-6(16)7-3-4-9(8(12)5-7)18-11-14-13-10(17)15(11)2/h3-5H,1-2H3,(H,13,17). The van der Waals surface area contributed by atoms with E-state index in [2.05, 4.69) is 26.1 Å². The Morgan fingerprint density at radius 2 is 2.22 bits per heavy atom. The molecule has 1 aromatic heterocycles. The maximum Gasteiger partial charge on any atom is 0.343 e. The fourth-order valence-corrected chi connectivity index (χ4v) is 2.75. The summed E-state index contributed by atoms with van der Waals surface area (Å²) in [5.74, 6) is 0.0134. The van der Waals surface area contributed by atoms with Crippen molar-refractivity contribution in [2.24, 2.45) is 7.05 Å². The number of ketones is 1. The maximum atomic E-state index is 11.2. The number of hydrogen-bond donors (Lipinski definition) is 1. The van der Waals surface area contributed by atoms with E-state index in [4.69, 9.17) is 0 Å². The molecule has 0 aliphatic rings. The number of nitrogens with zero attached hydrogens (tertiary/aromatic N) is 2. The second-order valence-corrected chi connectivity index (χ2v) is 5.54. The van der Waals surface area contributed by atoms with Crippen LogP contribution in [0.15, 0.2) is 37.5 Å². The Kier molecular flexibility index (Phi) is 3.72. The first-order chi connectivity index (χ1) is 8.49. The number of nitrogens with one attached hydrogen (secondary N) is 1. The van der Waals surface area contributed by atoms with E-state index in [0.29, 0.717) is 10.7 Å². The van der Waals surface area contributed by atoms with Gasteiger partial charge in [0.05, 0.1) is 0 Å². The van der Waals surface area contributed by atoms with Crippen LogP contribution in [-0.4, -0.2) is 20.5 Å². The Labute approximate surface area is 116 Å². The van der Waals surface area contributed by atoms with Crippen LogP contribution in [0.25, 0.3) is 0 Å². The zero-order valence-corrected chi connectivity index (χ0v) is 12.1. The van der Waals surface area contributed by atoms with Crippen LogP contribution < -0.4 is 5.69 Å².